The van der Waals surface area contributed by atoms with Crippen LogP contribution in [0.15, 0.2) is 54.6 Å². The smallest absolute Gasteiger partial charge is 0.315 e. The Morgan fingerprint density at radius 1 is 0.828 bits per heavy atom. The summed E-state index contributed by atoms with van der Waals surface area (Å²) in [6, 6.07) is 17.3. The van der Waals surface area contributed by atoms with Gasteiger partial charge in [-0.1, -0.05) is 42.5 Å². The van der Waals surface area contributed by atoms with Crippen LogP contribution in [0.5, 0.6) is 5.75 Å². The number of rotatable bonds is 9. The van der Waals surface area contributed by atoms with E-state index in [9.17, 15) is 9.59 Å². The summed E-state index contributed by atoms with van der Waals surface area (Å²) < 4.78 is 5.94. The van der Waals surface area contributed by atoms with Crippen molar-refractivity contribution in [2.45, 2.75) is 51.3 Å². The molecule has 0 atom stereocenters. The zero-order valence-corrected chi connectivity index (χ0v) is 16.7. The summed E-state index contributed by atoms with van der Waals surface area (Å²) in [5.74, 6) is 0.790. The number of urea groups is 1. The van der Waals surface area contributed by atoms with Crippen LogP contribution in [-0.2, 0) is 17.9 Å². The molecule has 2 aromatic carbocycles. The minimum absolute atomic E-state index is 0.0907. The normalized spacial score (nSPS) is 13.7. The van der Waals surface area contributed by atoms with Crippen LogP contribution < -0.4 is 20.7 Å². The van der Waals surface area contributed by atoms with Crippen LogP contribution in [-0.4, -0.2) is 24.6 Å². The molecule has 1 aliphatic carbocycles. The topological polar surface area (TPSA) is 79.5 Å². The predicted octanol–water partition coefficient (Wildman–Crippen LogP) is 3.51. The lowest BCUT2D eigenvalue weighted by Gasteiger charge is -2.13. The van der Waals surface area contributed by atoms with E-state index in [1.165, 1.54) is 12.8 Å². The molecule has 0 heterocycles. The summed E-state index contributed by atoms with van der Waals surface area (Å²) in [7, 11) is 0. The molecule has 2 aromatic rings. The van der Waals surface area contributed by atoms with Crippen LogP contribution in [0.2, 0.25) is 0 Å². The van der Waals surface area contributed by atoms with Crippen LogP contribution in [0.3, 0.4) is 0 Å². The van der Waals surface area contributed by atoms with E-state index in [0.29, 0.717) is 25.7 Å². The Morgan fingerprint density at radius 2 is 1.48 bits per heavy atom. The van der Waals surface area contributed by atoms with Gasteiger partial charge in [-0.3, -0.25) is 4.79 Å². The van der Waals surface area contributed by atoms with Crippen LogP contribution in [0.4, 0.5) is 4.79 Å². The Morgan fingerprint density at radius 3 is 2.21 bits per heavy atom. The number of ether oxygens (including phenoxy) is 1. The standard InChI is InChI=1S/C23H29N3O3/c27-22(25-16-18-6-2-1-3-7-18)14-15-24-23(28)26-17-19-10-12-21(13-11-19)29-20-8-4-5-9-20/h1-3,6-7,10-13,20H,4-5,8-9,14-17H2,(H,25,27)(H2,24,26,28). The lowest BCUT2D eigenvalue weighted by molar-refractivity contribution is -0.121. The number of carbonyl (C=O) groups excluding carboxylic acids is 2. The van der Waals surface area contributed by atoms with Crippen molar-refractivity contribution >= 4 is 11.9 Å². The van der Waals surface area contributed by atoms with Gasteiger partial charge in [0, 0.05) is 26.1 Å². The quantitative estimate of drug-likeness (QED) is 0.608. The summed E-state index contributed by atoms with van der Waals surface area (Å²) >= 11 is 0. The average molecular weight is 396 g/mol. The third-order valence-corrected chi connectivity index (χ3v) is 4.95. The van der Waals surface area contributed by atoms with E-state index >= 15 is 0 Å². The molecule has 1 aliphatic rings. The van der Waals surface area contributed by atoms with Crippen molar-refractivity contribution < 1.29 is 14.3 Å². The fraction of sp³-hybridized carbons (Fsp3) is 0.391. The first-order valence-electron chi connectivity index (χ1n) is 10.3. The van der Waals surface area contributed by atoms with Gasteiger partial charge in [0.15, 0.2) is 0 Å². The SMILES string of the molecule is O=C(CCNC(=O)NCc1ccc(OC2CCCC2)cc1)NCc1ccccc1. The van der Waals surface area contributed by atoms with Gasteiger partial charge in [-0.2, -0.15) is 0 Å². The summed E-state index contributed by atoms with van der Waals surface area (Å²) in [5.41, 5.74) is 2.05. The Balaban J connectivity index is 1.28. The van der Waals surface area contributed by atoms with Crippen molar-refractivity contribution in [3.63, 3.8) is 0 Å². The fourth-order valence-corrected chi connectivity index (χ4v) is 3.30. The molecular weight excluding hydrogens is 366 g/mol. The minimum atomic E-state index is -0.285. The summed E-state index contributed by atoms with van der Waals surface area (Å²) in [5, 5.41) is 8.35. The van der Waals surface area contributed by atoms with Crippen molar-refractivity contribution in [2.24, 2.45) is 0 Å². The molecule has 29 heavy (non-hydrogen) atoms. The second-order valence-corrected chi connectivity index (χ2v) is 7.29. The number of amides is 3. The fourth-order valence-electron chi connectivity index (χ4n) is 3.30. The molecule has 0 bridgehead atoms. The van der Waals surface area contributed by atoms with Crippen molar-refractivity contribution in [1.82, 2.24) is 16.0 Å². The van der Waals surface area contributed by atoms with Crippen molar-refractivity contribution in [1.29, 1.82) is 0 Å². The molecule has 0 unspecified atom stereocenters. The highest BCUT2D eigenvalue weighted by atomic mass is 16.5. The average Bonchev–Trinajstić information content (AvgIpc) is 3.25. The van der Waals surface area contributed by atoms with Crippen LogP contribution in [0.1, 0.15) is 43.2 Å². The molecule has 1 fully saturated rings. The third-order valence-electron chi connectivity index (χ3n) is 4.95. The van der Waals surface area contributed by atoms with E-state index in [0.717, 1.165) is 29.7 Å². The van der Waals surface area contributed by atoms with Gasteiger partial charge in [0.1, 0.15) is 5.75 Å². The van der Waals surface area contributed by atoms with Crippen LogP contribution >= 0.6 is 0 Å². The summed E-state index contributed by atoms with van der Waals surface area (Å²) in [6.07, 6.45) is 5.34. The van der Waals surface area contributed by atoms with Gasteiger partial charge in [0.25, 0.3) is 0 Å². The lowest BCUT2D eigenvalue weighted by Crippen LogP contribution is -2.37. The molecule has 0 spiro atoms. The highest BCUT2D eigenvalue weighted by molar-refractivity contribution is 5.78. The molecule has 3 N–H and O–H groups in total. The van der Waals surface area contributed by atoms with Gasteiger partial charge in [-0.25, -0.2) is 4.79 Å². The number of carbonyl (C=O) groups is 2. The number of hydrogen-bond donors (Lipinski definition) is 3. The molecule has 0 aliphatic heterocycles. The van der Waals surface area contributed by atoms with E-state index in [1.807, 2.05) is 54.6 Å². The lowest BCUT2D eigenvalue weighted by atomic mass is 10.2. The molecule has 1 saturated carbocycles. The van der Waals surface area contributed by atoms with Crippen LogP contribution in [0.25, 0.3) is 0 Å². The minimum Gasteiger partial charge on any atom is -0.490 e. The first kappa shape index (κ1) is 20.7. The second kappa shape index (κ2) is 11.1. The first-order valence-corrected chi connectivity index (χ1v) is 10.3. The van der Waals surface area contributed by atoms with Gasteiger partial charge in [0.05, 0.1) is 6.10 Å². The van der Waals surface area contributed by atoms with Crippen molar-refractivity contribution in [3.05, 3.63) is 65.7 Å². The number of hydrogen-bond acceptors (Lipinski definition) is 3. The zero-order valence-electron chi connectivity index (χ0n) is 16.7. The monoisotopic (exact) mass is 395 g/mol. The Labute approximate surface area is 172 Å². The molecule has 154 valence electrons. The molecule has 0 aromatic heterocycles. The molecule has 6 heteroatoms. The molecule has 0 radical (unpaired) electrons. The third kappa shape index (κ3) is 7.49. The Bertz CT molecular complexity index is 772. The molecular formula is C23H29N3O3. The van der Waals surface area contributed by atoms with Gasteiger partial charge >= 0.3 is 6.03 Å². The van der Waals surface area contributed by atoms with E-state index in [1.54, 1.807) is 0 Å². The maximum absolute atomic E-state index is 11.9. The zero-order chi connectivity index (χ0) is 20.3. The van der Waals surface area contributed by atoms with Gasteiger partial charge in [0.2, 0.25) is 5.91 Å². The van der Waals surface area contributed by atoms with Crippen molar-refractivity contribution in [2.75, 3.05) is 6.54 Å². The van der Waals surface area contributed by atoms with E-state index in [4.69, 9.17) is 4.74 Å². The summed E-state index contributed by atoms with van der Waals surface area (Å²) in [6.45, 7) is 1.21. The second-order valence-electron chi connectivity index (χ2n) is 7.29. The molecule has 3 amide bonds. The predicted molar refractivity (Wildman–Crippen MR) is 112 cm³/mol. The summed E-state index contributed by atoms with van der Waals surface area (Å²) in [4.78, 5) is 23.7. The van der Waals surface area contributed by atoms with E-state index < -0.39 is 0 Å². The maximum atomic E-state index is 11.9. The maximum Gasteiger partial charge on any atom is 0.315 e. The number of nitrogens with one attached hydrogen (secondary N) is 3. The number of benzene rings is 2. The largest absolute Gasteiger partial charge is 0.490 e. The van der Waals surface area contributed by atoms with E-state index in [2.05, 4.69) is 16.0 Å². The van der Waals surface area contributed by atoms with Gasteiger partial charge in [-0.05, 0) is 48.9 Å². The highest BCUT2D eigenvalue weighted by Gasteiger charge is 2.16. The van der Waals surface area contributed by atoms with Crippen LogP contribution in [0, 0.1) is 0 Å². The Kier molecular flexibility index (Phi) is 7.92. The van der Waals surface area contributed by atoms with E-state index in [-0.39, 0.29) is 18.4 Å². The first-order chi connectivity index (χ1) is 14.2. The Hall–Kier alpha value is -3.02. The molecule has 0 saturated heterocycles. The van der Waals surface area contributed by atoms with Crippen molar-refractivity contribution in [3.8, 4) is 5.75 Å². The van der Waals surface area contributed by atoms with Gasteiger partial charge < -0.3 is 20.7 Å². The van der Waals surface area contributed by atoms with Gasteiger partial charge in [-0.15, -0.1) is 0 Å². The molecule has 3 rings (SSSR count). The molecule has 6 nitrogen and oxygen atoms in total. The highest BCUT2D eigenvalue weighted by Crippen LogP contribution is 2.24.